The first-order valence-corrected chi connectivity index (χ1v) is 4.18. The molecule has 3 heteroatoms. The zero-order valence-corrected chi connectivity index (χ0v) is 6.47. The lowest BCUT2D eigenvalue weighted by atomic mass is 9.63. The van der Waals surface area contributed by atoms with Gasteiger partial charge in [0.1, 0.15) is 0 Å². The minimum Gasteiger partial charge on any atom is -0.481 e. The largest absolute Gasteiger partial charge is 0.481 e. The Bertz CT molecular complexity index is 187. The van der Waals surface area contributed by atoms with E-state index in [1.54, 1.807) is 0 Å². The lowest BCUT2D eigenvalue weighted by Crippen LogP contribution is -2.40. The second-order valence-corrected chi connectivity index (χ2v) is 3.74. The molecule has 11 heavy (non-hydrogen) atoms. The summed E-state index contributed by atoms with van der Waals surface area (Å²) < 4.78 is 0. The molecule has 3 nitrogen and oxygen atoms in total. The van der Waals surface area contributed by atoms with Crippen LogP contribution in [0.4, 0.5) is 0 Å². The van der Waals surface area contributed by atoms with Gasteiger partial charge in [0.15, 0.2) is 0 Å². The third-order valence-electron chi connectivity index (χ3n) is 3.21. The molecule has 1 atom stereocenters. The molecule has 0 radical (unpaired) electrons. The van der Waals surface area contributed by atoms with Gasteiger partial charge in [-0.05, 0) is 18.3 Å². The van der Waals surface area contributed by atoms with Crippen molar-refractivity contribution in [3.8, 4) is 0 Å². The molecule has 2 aliphatic rings. The number of hydrogen-bond donors (Lipinski definition) is 2. The number of carboxylic acid groups (broad SMARTS) is 1. The second kappa shape index (κ2) is 2.21. The van der Waals surface area contributed by atoms with Crippen LogP contribution < -0.4 is 5.32 Å². The van der Waals surface area contributed by atoms with E-state index in [0.717, 1.165) is 19.4 Å². The first-order chi connectivity index (χ1) is 5.25. The summed E-state index contributed by atoms with van der Waals surface area (Å²) in [5.74, 6) is -0.731. The summed E-state index contributed by atoms with van der Waals surface area (Å²) in [5, 5.41) is 12.0. The van der Waals surface area contributed by atoms with Crippen LogP contribution in [0.5, 0.6) is 0 Å². The molecule has 1 aliphatic heterocycles. The van der Waals surface area contributed by atoms with Crippen molar-refractivity contribution in [2.75, 3.05) is 13.1 Å². The van der Waals surface area contributed by atoms with Crippen molar-refractivity contribution >= 4 is 5.97 Å². The summed E-state index contributed by atoms with van der Waals surface area (Å²) in [6.07, 6.45) is 3.43. The Morgan fingerprint density at radius 3 is 2.64 bits per heavy atom. The van der Waals surface area contributed by atoms with Crippen LogP contribution in [0.25, 0.3) is 0 Å². The number of aliphatic carboxylic acids is 1. The maximum Gasteiger partial charge on any atom is 0.308 e. The van der Waals surface area contributed by atoms with E-state index in [0.29, 0.717) is 6.54 Å². The van der Waals surface area contributed by atoms with Crippen molar-refractivity contribution < 1.29 is 9.90 Å². The molecular weight excluding hydrogens is 142 g/mol. The second-order valence-electron chi connectivity index (χ2n) is 3.74. The van der Waals surface area contributed by atoms with Gasteiger partial charge in [-0.15, -0.1) is 0 Å². The molecule has 0 amide bonds. The lowest BCUT2D eigenvalue weighted by Gasteiger charge is -2.40. The van der Waals surface area contributed by atoms with Crippen molar-refractivity contribution in [1.82, 2.24) is 5.32 Å². The fourth-order valence-corrected chi connectivity index (χ4v) is 2.31. The third-order valence-corrected chi connectivity index (χ3v) is 3.21. The number of nitrogens with one attached hydrogen (secondary N) is 1. The monoisotopic (exact) mass is 155 g/mol. The number of rotatable bonds is 1. The predicted octanol–water partition coefficient (Wildman–Crippen LogP) is 0.461. The van der Waals surface area contributed by atoms with Crippen molar-refractivity contribution in [3.05, 3.63) is 0 Å². The summed E-state index contributed by atoms with van der Waals surface area (Å²) in [4.78, 5) is 10.8. The summed E-state index contributed by atoms with van der Waals surface area (Å²) in [5.41, 5.74) is 0.145. The first-order valence-electron chi connectivity index (χ1n) is 4.18. The van der Waals surface area contributed by atoms with Crippen LogP contribution in [-0.2, 0) is 4.79 Å². The SMILES string of the molecule is O=C(O)[C@@H]1CNCC12CCC2. The van der Waals surface area contributed by atoms with Gasteiger partial charge in [-0.3, -0.25) is 4.79 Å². The predicted molar refractivity (Wildman–Crippen MR) is 40.3 cm³/mol. The topological polar surface area (TPSA) is 49.3 Å². The summed E-state index contributed by atoms with van der Waals surface area (Å²) in [6, 6.07) is 0. The molecule has 1 saturated heterocycles. The molecule has 62 valence electrons. The standard InChI is InChI=1S/C8H13NO2/c10-7(11)6-4-9-5-8(6)2-1-3-8/h6,9H,1-5H2,(H,10,11)/t6-/m0/s1. The van der Waals surface area contributed by atoms with Crippen LogP contribution in [0.3, 0.4) is 0 Å². The number of hydrogen-bond acceptors (Lipinski definition) is 2. The molecule has 1 aliphatic carbocycles. The fourth-order valence-electron chi connectivity index (χ4n) is 2.31. The van der Waals surface area contributed by atoms with Gasteiger partial charge in [0.05, 0.1) is 5.92 Å². The van der Waals surface area contributed by atoms with Gasteiger partial charge < -0.3 is 10.4 Å². The van der Waals surface area contributed by atoms with Gasteiger partial charge in [0.2, 0.25) is 0 Å². The van der Waals surface area contributed by atoms with Crippen molar-refractivity contribution in [3.63, 3.8) is 0 Å². The van der Waals surface area contributed by atoms with Crippen molar-refractivity contribution in [2.24, 2.45) is 11.3 Å². The molecule has 0 bridgehead atoms. The van der Waals surface area contributed by atoms with Crippen molar-refractivity contribution in [2.45, 2.75) is 19.3 Å². The summed E-state index contributed by atoms with van der Waals surface area (Å²) >= 11 is 0. The highest BCUT2D eigenvalue weighted by Crippen LogP contribution is 2.48. The van der Waals surface area contributed by atoms with Gasteiger partial charge in [0, 0.05) is 13.1 Å². The number of carboxylic acids is 1. The molecule has 2 N–H and O–H groups in total. The first kappa shape index (κ1) is 7.10. The maximum atomic E-state index is 10.8. The Hall–Kier alpha value is -0.570. The molecule has 1 heterocycles. The van der Waals surface area contributed by atoms with E-state index in [1.807, 2.05) is 0 Å². The van der Waals surface area contributed by atoms with E-state index in [2.05, 4.69) is 5.32 Å². The van der Waals surface area contributed by atoms with Gasteiger partial charge in [-0.25, -0.2) is 0 Å². The smallest absolute Gasteiger partial charge is 0.308 e. The van der Waals surface area contributed by atoms with Crippen LogP contribution in [0, 0.1) is 11.3 Å². The molecule has 0 unspecified atom stereocenters. The lowest BCUT2D eigenvalue weighted by molar-refractivity contribution is -0.146. The molecule has 2 fully saturated rings. The summed E-state index contributed by atoms with van der Waals surface area (Å²) in [7, 11) is 0. The molecule has 1 saturated carbocycles. The van der Waals surface area contributed by atoms with Gasteiger partial charge >= 0.3 is 5.97 Å². The zero-order valence-electron chi connectivity index (χ0n) is 6.47. The molecule has 1 spiro atoms. The van der Waals surface area contributed by atoms with E-state index < -0.39 is 5.97 Å². The van der Waals surface area contributed by atoms with E-state index in [9.17, 15) is 4.79 Å². The Kier molecular flexibility index (Phi) is 1.42. The van der Waals surface area contributed by atoms with E-state index in [1.165, 1.54) is 6.42 Å². The molecule has 2 rings (SSSR count). The Morgan fingerprint density at radius 2 is 2.27 bits per heavy atom. The van der Waals surface area contributed by atoms with Gasteiger partial charge in [-0.1, -0.05) is 6.42 Å². The Labute approximate surface area is 65.8 Å². The highest BCUT2D eigenvalue weighted by atomic mass is 16.4. The quantitative estimate of drug-likeness (QED) is 0.578. The van der Waals surface area contributed by atoms with Crippen LogP contribution in [0.2, 0.25) is 0 Å². The van der Waals surface area contributed by atoms with E-state index >= 15 is 0 Å². The van der Waals surface area contributed by atoms with Crippen molar-refractivity contribution in [1.29, 1.82) is 0 Å². The van der Waals surface area contributed by atoms with Crippen LogP contribution >= 0.6 is 0 Å². The van der Waals surface area contributed by atoms with E-state index in [4.69, 9.17) is 5.11 Å². The van der Waals surface area contributed by atoms with Gasteiger partial charge in [-0.2, -0.15) is 0 Å². The van der Waals surface area contributed by atoms with Crippen LogP contribution in [0.15, 0.2) is 0 Å². The maximum absolute atomic E-state index is 10.8. The van der Waals surface area contributed by atoms with E-state index in [-0.39, 0.29) is 11.3 Å². The fraction of sp³-hybridized carbons (Fsp3) is 0.875. The zero-order chi connectivity index (χ0) is 7.90. The molecular formula is C8H13NO2. The highest BCUT2D eigenvalue weighted by Gasteiger charge is 2.50. The number of carbonyl (C=O) groups is 1. The minimum atomic E-state index is -0.616. The summed E-state index contributed by atoms with van der Waals surface area (Å²) in [6.45, 7) is 1.60. The molecule has 0 aromatic carbocycles. The minimum absolute atomic E-state index is 0.115. The van der Waals surface area contributed by atoms with Gasteiger partial charge in [0.25, 0.3) is 0 Å². The van der Waals surface area contributed by atoms with Crippen LogP contribution in [-0.4, -0.2) is 24.2 Å². The molecule has 0 aromatic heterocycles. The molecule has 0 aromatic rings. The average molecular weight is 155 g/mol. The Balaban J connectivity index is 2.13. The Morgan fingerprint density at radius 1 is 1.55 bits per heavy atom. The average Bonchev–Trinajstić information content (AvgIpc) is 2.27. The van der Waals surface area contributed by atoms with Crippen LogP contribution in [0.1, 0.15) is 19.3 Å². The normalized spacial score (nSPS) is 33.6. The highest BCUT2D eigenvalue weighted by molar-refractivity contribution is 5.72. The third kappa shape index (κ3) is 0.872.